The molecular weight excluding hydrogens is 238 g/mol. The Bertz CT molecular complexity index is 354. The smallest absolute Gasteiger partial charge is 0.122 e. The summed E-state index contributed by atoms with van der Waals surface area (Å²) in [7, 11) is 1.72. The number of hydrogen-bond acceptors (Lipinski definition) is 3. The van der Waals surface area contributed by atoms with Crippen molar-refractivity contribution in [3.8, 4) is 5.75 Å². The monoisotopic (exact) mass is 265 g/mol. The molecule has 0 aliphatic heterocycles. The van der Waals surface area contributed by atoms with Gasteiger partial charge in [0.05, 0.1) is 13.2 Å². The Kier molecular flexibility index (Phi) is 7.53. The lowest BCUT2D eigenvalue weighted by atomic mass is 10.0. The van der Waals surface area contributed by atoms with Gasteiger partial charge in [0, 0.05) is 12.6 Å². The van der Waals surface area contributed by atoms with E-state index in [1.807, 2.05) is 19.1 Å². The van der Waals surface area contributed by atoms with Crippen molar-refractivity contribution in [2.75, 3.05) is 20.3 Å². The van der Waals surface area contributed by atoms with E-state index in [9.17, 15) is 0 Å². The van der Waals surface area contributed by atoms with Gasteiger partial charge in [-0.25, -0.2) is 0 Å². The minimum Gasteiger partial charge on any atom is -0.496 e. The lowest BCUT2D eigenvalue weighted by Crippen LogP contribution is -2.42. The van der Waals surface area contributed by atoms with E-state index >= 15 is 0 Å². The third-order valence-corrected chi connectivity index (χ3v) is 3.29. The van der Waals surface area contributed by atoms with Crippen LogP contribution in [-0.4, -0.2) is 32.4 Å². The van der Waals surface area contributed by atoms with Gasteiger partial charge in [-0.3, -0.25) is 0 Å². The second kappa shape index (κ2) is 8.94. The molecule has 1 aromatic carbocycles. The van der Waals surface area contributed by atoms with Gasteiger partial charge in [-0.05, 0) is 44.9 Å². The zero-order valence-corrected chi connectivity index (χ0v) is 12.6. The molecule has 3 nitrogen and oxygen atoms in total. The molecule has 19 heavy (non-hydrogen) atoms. The highest BCUT2D eigenvalue weighted by Gasteiger charge is 2.18. The molecule has 0 bridgehead atoms. The molecule has 0 aromatic heterocycles. The lowest BCUT2D eigenvalue weighted by molar-refractivity contribution is 0.0475. The largest absolute Gasteiger partial charge is 0.496 e. The van der Waals surface area contributed by atoms with Crippen LogP contribution in [0.5, 0.6) is 5.75 Å². The van der Waals surface area contributed by atoms with Crippen molar-refractivity contribution in [1.82, 2.24) is 5.32 Å². The SMILES string of the molecule is CCCNC(Cc1ccccc1OC)C(C)OCC. The van der Waals surface area contributed by atoms with E-state index in [4.69, 9.17) is 9.47 Å². The van der Waals surface area contributed by atoms with Gasteiger partial charge in [-0.15, -0.1) is 0 Å². The Hall–Kier alpha value is -1.06. The molecule has 1 aromatic rings. The number of ether oxygens (including phenoxy) is 2. The molecule has 0 aliphatic rings. The van der Waals surface area contributed by atoms with E-state index in [-0.39, 0.29) is 6.10 Å². The van der Waals surface area contributed by atoms with Gasteiger partial charge >= 0.3 is 0 Å². The quantitative estimate of drug-likeness (QED) is 0.744. The van der Waals surface area contributed by atoms with Crippen LogP contribution in [0.2, 0.25) is 0 Å². The van der Waals surface area contributed by atoms with Crippen LogP contribution < -0.4 is 10.1 Å². The van der Waals surface area contributed by atoms with Crippen molar-refractivity contribution in [3.63, 3.8) is 0 Å². The second-order valence-electron chi connectivity index (χ2n) is 4.74. The summed E-state index contributed by atoms with van der Waals surface area (Å²) in [5.74, 6) is 0.953. The van der Waals surface area contributed by atoms with Crippen LogP contribution in [0.3, 0.4) is 0 Å². The summed E-state index contributed by atoms with van der Waals surface area (Å²) >= 11 is 0. The van der Waals surface area contributed by atoms with Crippen molar-refractivity contribution in [2.24, 2.45) is 0 Å². The molecular formula is C16H27NO2. The Morgan fingerprint density at radius 1 is 1.21 bits per heavy atom. The van der Waals surface area contributed by atoms with E-state index < -0.39 is 0 Å². The fourth-order valence-electron chi connectivity index (χ4n) is 2.22. The van der Waals surface area contributed by atoms with E-state index in [0.29, 0.717) is 6.04 Å². The summed E-state index contributed by atoms with van der Waals surface area (Å²) in [6, 6.07) is 8.51. The molecule has 1 N–H and O–H groups in total. The molecule has 0 heterocycles. The standard InChI is InChI=1S/C16H27NO2/c1-5-11-17-15(13(3)19-6-2)12-14-9-7-8-10-16(14)18-4/h7-10,13,15,17H,5-6,11-12H2,1-4H3. The van der Waals surface area contributed by atoms with E-state index in [2.05, 4.69) is 31.3 Å². The van der Waals surface area contributed by atoms with Gasteiger partial charge in [0.1, 0.15) is 5.75 Å². The fourth-order valence-corrected chi connectivity index (χ4v) is 2.22. The molecule has 1 rings (SSSR count). The van der Waals surface area contributed by atoms with Crippen LogP contribution in [0.15, 0.2) is 24.3 Å². The van der Waals surface area contributed by atoms with Gasteiger partial charge in [-0.2, -0.15) is 0 Å². The summed E-state index contributed by atoms with van der Waals surface area (Å²) in [6.45, 7) is 8.11. The van der Waals surface area contributed by atoms with Gasteiger partial charge in [0.25, 0.3) is 0 Å². The first kappa shape index (κ1) is 16.0. The number of methoxy groups -OCH3 is 1. The highest BCUT2D eigenvalue weighted by atomic mass is 16.5. The van der Waals surface area contributed by atoms with Gasteiger partial charge in [0.2, 0.25) is 0 Å². The third-order valence-electron chi connectivity index (χ3n) is 3.29. The third kappa shape index (κ3) is 5.21. The first-order valence-electron chi connectivity index (χ1n) is 7.19. The lowest BCUT2D eigenvalue weighted by Gasteiger charge is -2.26. The van der Waals surface area contributed by atoms with Crippen LogP contribution in [0.1, 0.15) is 32.8 Å². The van der Waals surface area contributed by atoms with Crippen molar-refractivity contribution in [2.45, 2.75) is 45.8 Å². The number of nitrogens with one attached hydrogen (secondary N) is 1. The normalized spacial score (nSPS) is 14.1. The molecule has 108 valence electrons. The molecule has 0 aliphatic carbocycles. The predicted molar refractivity (Wildman–Crippen MR) is 79.9 cm³/mol. The van der Waals surface area contributed by atoms with Crippen molar-refractivity contribution in [1.29, 1.82) is 0 Å². The Morgan fingerprint density at radius 3 is 2.58 bits per heavy atom. The summed E-state index contributed by atoms with van der Waals surface area (Å²) in [4.78, 5) is 0. The highest BCUT2D eigenvalue weighted by Crippen LogP contribution is 2.20. The van der Waals surface area contributed by atoms with Gasteiger partial charge < -0.3 is 14.8 Å². The van der Waals surface area contributed by atoms with Crippen molar-refractivity contribution < 1.29 is 9.47 Å². The molecule has 0 saturated carbocycles. The minimum absolute atomic E-state index is 0.196. The maximum atomic E-state index is 5.74. The maximum Gasteiger partial charge on any atom is 0.122 e. The number of benzene rings is 1. The first-order chi connectivity index (χ1) is 9.22. The van der Waals surface area contributed by atoms with E-state index in [1.165, 1.54) is 5.56 Å². The highest BCUT2D eigenvalue weighted by molar-refractivity contribution is 5.34. The van der Waals surface area contributed by atoms with Gasteiger partial charge in [-0.1, -0.05) is 25.1 Å². The average Bonchev–Trinajstić information content (AvgIpc) is 2.44. The van der Waals surface area contributed by atoms with E-state index in [0.717, 1.165) is 31.7 Å². The molecule has 3 heteroatoms. The van der Waals surface area contributed by atoms with Crippen molar-refractivity contribution in [3.05, 3.63) is 29.8 Å². The van der Waals surface area contributed by atoms with Crippen LogP contribution in [0, 0.1) is 0 Å². The average molecular weight is 265 g/mol. The molecule has 0 radical (unpaired) electrons. The Labute approximate surface area is 117 Å². The first-order valence-corrected chi connectivity index (χ1v) is 7.19. The van der Waals surface area contributed by atoms with E-state index in [1.54, 1.807) is 7.11 Å². The molecule has 2 unspecified atom stereocenters. The molecule has 2 atom stereocenters. The second-order valence-corrected chi connectivity index (χ2v) is 4.74. The summed E-state index contributed by atoms with van der Waals surface area (Å²) < 4.78 is 11.2. The van der Waals surface area contributed by atoms with Crippen molar-refractivity contribution >= 4 is 0 Å². The molecule has 0 saturated heterocycles. The number of rotatable bonds is 9. The maximum absolute atomic E-state index is 5.74. The number of hydrogen-bond donors (Lipinski definition) is 1. The molecule has 0 spiro atoms. The molecule has 0 fully saturated rings. The number of para-hydroxylation sites is 1. The minimum atomic E-state index is 0.196. The Morgan fingerprint density at radius 2 is 1.95 bits per heavy atom. The predicted octanol–water partition coefficient (Wildman–Crippen LogP) is 3.03. The summed E-state index contributed by atoms with van der Waals surface area (Å²) in [5, 5.41) is 3.57. The zero-order valence-electron chi connectivity index (χ0n) is 12.6. The topological polar surface area (TPSA) is 30.5 Å². The van der Waals surface area contributed by atoms with Crippen LogP contribution in [0.4, 0.5) is 0 Å². The van der Waals surface area contributed by atoms with Crippen LogP contribution >= 0.6 is 0 Å². The summed E-state index contributed by atoms with van der Waals surface area (Å²) in [5.41, 5.74) is 1.23. The summed E-state index contributed by atoms with van der Waals surface area (Å²) in [6.07, 6.45) is 2.24. The van der Waals surface area contributed by atoms with Gasteiger partial charge in [0.15, 0.2) is 0 Å². The zero-order chi connectivity index (χ0) is 14.1. The fraction of sp³-hybridized carbons (Fsp3) is 0.625. The van der Waals surface area contributed by atoms with Crippen LogP contribution in [-0.2, 0) is 11.2 Å². The van der Waals surface area contributed by atoms with Crippen LogP contribution in [0.25, 0.3) is 0 Å². The molecule has 0 amide bonds. The Balaban J connectivity index is 2.74.